The number of hydrogen-bond donors (Lipinski definition) is 0. The minimum Gasteiger partial charge on any atom is -0.462 e. The van der Waals surface area contributed by atoms with Crippen LogP contribution in [0.15, 0.2) is 18.2 Å². The molecule has 0 aliphatic rings. The Morgan fingerprint density at radius 2 is 1.83 bits per heavy atom. The van der Waals surface area contributed by atoms with Crippen molar-refractivity contribution in [2.45, 2.75) is 25.8 Å². The van der Waals surface area contributed by atoms with E-state index in [2.05, 4.69) is 15.9 Å². The van der Waals surface area contributed by atoms with Gasteiger partial charge in [-0.25, -0.2) is 4.79 Å². The van der Waals surface area contributed by atoms with Crippen LogP contribution in [0.4, 0.5) is 0 Å². The van der Waals surface area contributed by atoms with E-state index in [1.54, 1.807) is 19.1 Å². The fraction of sp³-hybridized carbons (Fsp3) is 0.385. The molecule has 0 spiro atoms. The van der Waals surface area contributed by atoms with Crippen molar-refractivity contribution in [1.29, 1.82) is 0 Å². The number of esters is 2. The van der Waals surface area contributed by atoms with Crippen LogP contribution < -0.4 is 0 Å². The summed E-state index contributed by atoms with van der Waals surface area (Å²) in [5, 5.41) is 0.618. The lowest BCUT2D eigenvalue weighted by atomic mass is 10.1. The quantitative estimate of drug-likeness (QED) is 0.619. The SMILES string of the molecule is CCOC(=O)c1cc(CBr)cc(COC(C)=O)c1. The van der Waals surface area contributed by atoms with Gasteiger partial charge >= 0.3 is 11.9 Å². The summed E-state index contributed by atoms with van der Waals surface area (Å²) in [6.45, 7) is 3.59. The van der Waals surface area contributed by atoms with Crippen LogP contribution in [0.3, 0.4) is 0 Å². The molecule has 0 bridgehead atoms. The molecule has 18 heavy (non-hydrogen) atoms. The van der Waals surface area contributed by atoms with Gasteiger partial charge < -0.3 is 9.47 Å². The average molecular weight is 315 g/mol. The lowest BCUT2D eigenvalue weighted by Crippen LogP contribution is -2.07. The van der Waals surface area contributed by atoms with E-state index in [0.29, 0.717) is 17.5 Å². The van der Waals surface area contributed by atoms with Crippen molar-refractivity contribution < 1.29 is 19.1 Å². The minimum atomic E-state index is -0.371. The fourth-order valence-electron chi connectivity index (χ4n) is 1.44. The molecule has 0 saturated heterocycles. The van der Waals surface area contributed by atoms with Gasteiger partial charge in [-0.15, -0.1) is 0 Å². The van der Waals surface area contributed by atoms with Gasteiger partial charge in [-0.3, -0.25) is 4.79 Å². The monoisotopic (exact) mass is 314 g/mol. The molecule has 0 N–H and O–H groups in total. The summed E-state index contributed by atoms with van der Waals surface area (Å²) >= 11 is 3.33. The Bertz CT molecular complexity index is 443. The molecule has 1 aromatic carbocycles. The summed E-state index contributed by atoms with van der Waals surface area (Å²) in [5.74, 6) is -0.721. The van der Waals surface area contributed by atoms with Gasteiger partial charge in [0.2, 0.25) is 0 Å². The fourth-order valence-corrected chi connectivity index (χ4v) is 1.76. The van der Waals surface area contributed by atoms with Crippen molar-refractivity contribution in [3.63, 3.8) is 0 Å². The van der Waals surface area contributed by atoms with E-state index in [-0.39, 0.29) is 18.5 Å². The van der Waals surface area contributed by atoms with Gasteiger partial charge in [0.05, 0.1) is 12.2 Å². The molecule has 0 radical (unpaired) electrons. The van der Waals surface area contributed by atoms with Gasteiger partial charge in [-0.2, -0.15) is 0 Å². The van der Waals surface area contributed by atoms with Crippen molar-refractivity contribution >= 4 is 27.9 Å². The minimum absolute atomic E-state index is 0.155. The Morgan fingerprint density at radius 1 is 1.17 bits per heavy atom. The Morgan fingerprint density at radius 3 is 2.39 bits per heavy atom. The number of benzene rings is 1. The van der Waals surface area contributed by atoms with Gasteiger partial charge in [0.1, 0.15) is 6.61 Å². The van der Waals surface area contributed by atoms with Crippen LogP contribution in [0.2, 0.25) is 0 Å². The summed E-state index contributed by atoms with van der Waals surface area (Å²) in [7, 11) is 0. The molecular formula is C13H15BrO4. The van der Waals surface area contributed by atoms with Crippen molar-refractivity contribution in [2.24, 2.45) is 0 Å². The number of carbonyl (C=O) groups excluding carboxylic acids is 2. The molecule has 0 saturated carbocycles. The molecule has 4 nitrogen and oxygen atoms in total. The summed E-state index contributed by atoms with van der Waals surface area (Å²) in [6, 6.07) is 5.30. The molecule has 98 valence electrons. The number of halogens is 1. The highest BCUT2D eigenvalue weighted by molar-refractivity contribution is 9.08. The lowest BCUT2D eigenvalue weighted by molar-refractivity contribution is -0.142. The van der Waals surface area contributed by atoms with E-state index in [1.807, 2.05) is 6.07 Å². The predicted octanol–water partition coefficient (Wildman–Crippen LogP) is 2.82. The highest BCUT2D eigenvalue weighted by atomic mass is 79.9. The second-order valence-corrected chi connectivity index (χ2v) is 4.23. The molecule has 0 fully saturated rings. The Balaban J connectivity index is 2.93. The van der Waals surface area contributed by atoms with Crippen molar-refractivity contribution in [3.05, 3.63) is 34.9 Å². The van der Waals surface area contributed by atoms with Gasteiger partial charge in [-0.05, 0) is 30.2 Å². The van der Waals surface area contributed by atoms with Crippen LogP contribution in [-0.4, -0.2) is 18.5 Å². The molecule has 5 heteroatoms. The van der Waals surface area contributed by atoms with Crippen LogP contribution in [0.5, 0.6) is 0 Å². The van der Waals surface area contributed by atoms with Gasteiger partial charge in [0.15, 0.2) is 0 Å². The number of ether oxygens (including phenoxy) is 2. The Hall–Kier alpha value is -1.36. The molecule has 0 heterocycles. The largest absolute Gasteiger partial charge is 0.462 e. The van der Waals surface area contributed by atoms with Crippen molar-refractivity contribution in [2.75, 3.05) is 6.61 Å². The predicted molar refractivity (Wildman–Crippen MR) is 70.5 cm³/mol. The van der Waals surface area contributed by atoms with Crippen LogP contribution in [0.1, 0.15) is 35.3 Å². The molecule has 0 unspecified atom stereocenters. The van der Waals surface area contributed by atoms with Gasteiger partial charge in [0, 0.05) is 12.3 Å². The second kappa shape index (κ2) is 7.16. The molecule has 1 aromatic rings. The number of hydrogen-bond acceptors (Lipinski definition) is 4. The van der Waals surface area contributed by atoms with Gasteiger partial charge in [0.25, 0.3) is 0 Å². The molecule has 0 atom stereocenters. The standard InChI is InChI=1S/C13H15BrO4/c1-3-17-13(16)12-5-10(7-14)4-11(6-12)8-18-9(2)15/h4-6H,3,7-8H2,1-2H3. The first-order chi connectivity index (χ1) is 8.56. The molecule has 0 amide bonds. The zero-order chi connectivity index (χ0) is 13.5. The van der Waals surface area contributed by atoms with E-state index < -0.39 is 0 Å². The maximum Gasteiger partial charge on any atom is 0.338 e. The highest BCUT2D eigenvalue weighted by Gasteiger charge is 2.10. The Kier molecular flexibility index (Phi) is 5.85. The lowest BCUT2D eigenvalue weighted by Gasteiger charge is -2.08. The third kappa shape index (κ3) is 4.49. The van der Waals surface area contributed by atoms with Crippen LogP contribution in [-0.2, 0) is 26.2 Å². The molecular weight excluding hydrogens is 300 g/mol. The van der Waals surface area contributed by atoms with E-state index in [4.69, 9.17) is 9.47 Å². The molecule has 0 aliphatic heterocycles. The zero-order valence-corrected chi connectivity index (χ0v) is 12.0. The van der Waals surface area contributed by atoms with Crippen molar-refractivity contribution in [1.82, 2.24) is 0 Å². The van der Waals surface area contributed by atoms with E-state index >= 15 is 0 Å². The first kappa shape index (κ1) is 14.7. The van der Waals surface area contributed by atoms with Crippen LogP contribution in [0, 0.1) is 0 Å². The summed E-state index contributed by atoms with van der Waals surface area (Å²) in [6.07, 6.45) is 0. The highest BCUT2D eigenvalue weighted by Crippen LogP contribution is 2.15. The van der Waals surface area contributed by atoms with E-state index in [9.17, 15) is 9.59 Å². The normalized spacial score (nSPS) is 9.94. The Labute approximate surface area is 114 Å². The second-order valence-electron chi connectivity index (χ2n) is 3.67. The van der Waals surface area contributed by atoms with Gasteiger partial charge in [-0.1, -0.05) is 22.0 Å². The zero-order valence-electron chi connectivity index (χ0n) is 10.4. The summed E-state index contributed by atoms with van der Waals surface area (Å²) < 4.78 is 9.86. The van der Waals surface area contributed by atoms with Crippen LogP contribution >= 0.6 is 15.9 Å². The summed E-state index contributed by atoms with van der Waals surface area (Å²) in [5.41, 5.74) is 2.17. The topological polar surface area (TPSA) is 52.6 Å². The number of rotatable bonds is 5. The first-order valence-corrected chi connectivity index (χ1v) is 6.68. The smallest absolute Gasteiger partial charge is 0.338 e. The average Bonchev–Trinajstić information content (AvgIpc) is 2.36. The van der Waals surface area contributed by atoms with Crippen molar-refractivity contribution in [3.8, 4) is 0 Å². The summed E-state index contributed by atoms with van der Waals surface area (Å²) in [4.78, 5) is 22.4. The molecule has 0 aromatic heterocycles. The van der Waals surface area contributed by atoms with E-state index in [0.717, 1.165) is 11.1 Å². The third-order valence-electron chi connectivity index (χ3n) is 2.16. The maximum absolute atomic E-state index is 11.7. The first-order valence-electron chi connectivity index (χ1n) is 5.56. The van der Waals surface area contributed by atoms with E-state index in [1.165, 1.54) is 6.92 Å². The molecule has 0 aliphatic carbocycles. The van der Waals surface area contributed by atoms with Crippen LogP contribution in [0.25, 0.3) is 0 Å². The number of carbonyl (C=O) groups is 2. The molecule has 1 rings (SSSR count). The maximum atomic E-state index is 11.7. The number of alkyl halides is 1. The third-order valence-corrected chi connectivity index (χ3v) is 2.81.